The van der Waals surface area contributed by atoms with Crippen LogP contribution in [0, 0.1) is 5.92 Å². The van der Waals surface area contributed by atoms with Gasteiger partial charge in [-0.2, -0.15) is 0 Å². The van der Waals surface area contributed by atoms with Gasteiger partial charge in [-0.15, -0.1) is 0 Å². The molecule has 5 heteroatoms. The molecule has 4 nitrogen and oxygen atoms in total. The molecule has 1 aliphatic rings. The minimum atomic E-state index is -0.436. The van der Waals surface area contributed by atoms with Gasteiger partial charge < -0.3 is 9.47 Å². The molecule has 2 rings (SSSR count). The van der Waals surface area contributed by atoms with Crippen LogP contribution in [0.25, 0.3) is 0 Å². The Bertz CT molecular complexity index is 377. The molecule has 0 aliphatic carbocycles. The molecule has 86 valence electrons. The summed E-state index contributed by atoms with van der Waals surface area (Å²) in [5, 5.41) is 0.290. The first kappa shape index (κ1) is 11.4. The molecule has 1 atom stereocenters. The molecule has 1 aliphatic heterocycles. The van der Waals surface area contributed by atoms with Crippen molar-refractivity contribution in [1.29, 1.82) is 0 Å². The van der Waals surface area contributed by atoms with Crippen molar-refractivity contribution in [3.8, 4) is 0 Å². The van der Waals surface area contributed by atoms with E-state index >= 15 is 0 Å². The van der Waals surface area contributed by atoms with Gasteiger partial charge >= 0.3 is 5.97 Å². The third-order valence-corrected chi connectivity index (χ3v) is 2.61. The van der Waals surface area contributed by atoms with Crippen LogP contribution in [-0.4, -0.2) is 30.8 Å². The van der Waals surface area contributed by atoms with E-state index in [1.54, 1.807) is 18.2 Å². The van der Waals surface area contributed by atoms with Gasteiger partial charge in [0.25, 0.3) is 0 Å². The number of halogens is 1. The van der Waals surface area contributed by atoms with Gasteiger partial charge in [0.15, 0.2) is 0 Å². The van der Waals surface area contributed by atoms with Crippen molar-refractivity contribution in [3.05, 3.63) is 29.0 Å². The van der Waals surface area contributed by atoms with E-state index in [1.165, 1.54) is 0 Å². The quantitative estimate of drug-likeness (QED) is 0.599. The summed E-state index contributed by atoms with van der Waals surface area (Å²) in [6, 6.07) is 4.87. The van der Waals surface area contributed by atoms with Crippen molar-refractivity contribution in [1.82, 2.24) is 4.98 Å². The highest BCUT2D eigenvalue weighted by Gasteiger charge is 2.18. The Morgan fingerprint density at radius 2 is 2.50 bits per heavy atom. The molecule has 0 radical (unpaired) electrons. The lowest BCUT2D eigenvalue weighted by Crippen LogP contribution is -2.15. The van der Waals surface area contributed by atoms with Crippen LogP contribution in [-0.2, 0) is 9.47 Å². The lowest BCUT2D eigenvalue weighted by Gasteiger charge is -2.08. The predicted molar refractivity (Wildman–Crippen MR) is 58.5 cm³/mol. The standard InChI is InChI=1S/C11H12ClNO3/c12-10-3-1-2-9(13-10)11(14)16-7-8-4-5-15-6-8/h1-3,8H,4-7H2. The summed E-state index contributed by atoms with van der Waals surface area (Å²) in [5.41, 5.74) is 0.242. The fourth-order valence-electron chi connectivity index (χ4n) is 1.50. The van der Waals surface area contributed by atoms with Crippen LogP contribution in [0.15, 0.2) is 18.2 Å². The van der Waals surface area contributed by atoms with E-state index in [2.05, 4.69) is 4.98 Å². The first-order valence-electron chi connectivity index (χ1n) is 5.13. The van der Waals surface area contributed by atoms with Crippen molar-refractivity contribution in [3.63, 3.8) is 0 Å². The Labute approximate surface area is 98.5 Å². The van der Waals surface area contributed by atoms with E-state index in [9.17, 15) is 4.79 Å². The highest BCUT2D eigenvalue weighted by Crippen LogP contribution is 2.13. The predicted octanol–water partition coefficient (Wildman–Crippen LogP) is 1.93. The minimum absolute atomic E-state index is 0.242. The van der Waals surface area contributed by atoms with Crippen LogP contribution in [0.5, 0.6) is 0 Å². The maximum atomic E-state index is 11.6. The maximum Gasteiger partial charge on any atom is 0.356 e. The summed E-state index contributed by atoms with van der Waals surface area (Å²) in [5.74, 6) is -0.127. The summed E-state index contributed by atoms with van der Waals surface area (Å²) >= 11 is 5.68. The van der Waals surface area contributed by atoms with Crippen LogP contribution in [0.1, 0.15) is 16.9 Å². The number of nitrogens with zero attached hydrogens (tertiary/aromatic N) is 1. The number of carbonyl (C=O) groups excluding carboxylic acids is 1. The number of ether oxygens (including phenoxy) is 2. The highest BCUT2D eigenvalue weighted by atomic mass is 35.5. The summed E-state index contributed by atoms with van der Waals surface area (Å²) in [4.78, 5) is 15.4. The molecular weight excluding hydrogens is 230 g/mol. The molecule has 0 bridgehead atoms. The molecule has 0 N–H and O–H groups in total. The molecular formula is C11H12ClNO3. The molecule has 1 unspecified atom stereocenters. The zero-order chi connectivity index (χ0) is 11.4. The van der Waals surface area contributed by atoms with E-state index in [-0.39, 0.29) is 5.69 Å². The summed E-state index contributed by atoms with van der Waals surface area (Å²) in [7, 11) is 0. The number of hydrogen-bond acceptors (Lipinski definition) is 4. The lowest BCUT2D eigenvalue weighted by molar-refractivity contribution is 0.0421. The molecule has 0 saturated carbocycles. The van der Waals surface area contributed by atoms with E-state index in [1.807, 2.05) is 0 Å². The Morgan fingerprint density at radius 3 is 3.19 bits per heavy atom. The van der Waals surface area contributed by atoms with Gasteiger partial charge in [0, 0.05) is 12.5 Å². The molecule has 16 heavy (non-hydrogen) atoms. The van der Waals surface area contributed by atoms with Crippen molar-refractivity contribution < 1.29 is 14.3 Å². The number of carbonyl (C=O) groups is 1. The molecule has 0 spiro atoms. The van der Waals surface area contributed by atoms with Gasteiger partial charge in [0.2, 0.25) is 0 Å². The Hall–Kier alpha value is -1.13. The largest absolute Gasteiger partial charge is 0.461 e. The number of esters is 1. The molecule has 0 amide bonds. The SMILES string of the molecule is O=C(OCC1CCOC1)c1cccc(Cl)n1. The Balaban J connectivity index is 1.87. The molecule has 1 saturated heterocycles. The lowest BCUT2D eigenvalue weighted by atomic mass is 10.1. The van der Waals surface area contributed by atoms with E-state index in [0.29, 0.717) is 24.3 Å². The van der Waals surface area contributed by atoms with Crippen molar-refractivity contribution in [2.45, 2.75) is 6.42 Å². The fraction of sp³-hybridized carbons (Fsp3) is 0.455. The van der Waals surface area contributed by atoms with Crippen molar-refractivity contribution in [2.75, 3.05) is 19.8 Å². The Morgan fingerprint density at radius 1 is 1.62 bits per heavy atom. The second-order valence-electron chi connectivity index (χ2n) is 3.67. The van der Waals surface area contributed by atoms with E-state index in [0.717, 1.165) is 13.0 Å². The number of rotatable bonds is 3. The summed E-state index contributed by atoms with van der Waals surface area (Å²) < 4.78 is 10.3. The maximum absolute atomic E-state index is 11.6. The average molecular weight is 242 g/mol. The molecule has 2 heterocycles. The van der Waals surface area contributed by atoms with Gasteiger partial charge in [-0.1, -0.05) is 17.7 Å². The van der Waals surface area contributed by atoms with Crippen molar-refractivity contribution >= 4 is 17.6 Å². The molecule has 1 aromatic rings. The second kappa shape index (κ2) is 5.27. The first-order valence-corrected chi connectivity index (χ1v) is 5.51. The van der Waals surface area contributed by atoms with Crippen LogP contribution in [0.4, 0.5) is 0 Å². The Kier molecular flexibility index (Phi) is 3.74. The van der Waals surface area contributed by atoms with Crippen LogP contribution in [0.2, 0.25) is 5.15 Å². The monoisotopic (exact) mass is 241 g/mol. The average Bonchev–Trinajstić information content (AvgIpc) is 2.78. The summed E-state index contributed by atoms with van der Waals surface area (Å²) in [6.07, 6.45) is 0.941. The minimum Gasteiger partial charge on any atom is -0.461 e. The topological polar surface area (TPSA) is 48.4 Å². The number of aromatic nitrogens is 1. The fourth-order valence-corrected chi connectivity index (χ4v) is 1.67. The van der Waals surface area contributed by atoms with E-state index < -0.39 is 5.97 Å². The number of hydrogen-bond donors (Lipinski definition) is 0. The van der Waals surface area contributed by atoms with Crippen LogP contribution >= 0.6 is 11.6 Å². The highest BCUT2D eigenvalue weighted by molar-refractivity contribution is 6.29. The normalized spacial score (nSPS) is 19.7. The third kappa shape index (κ3) is 2.93. The zero-order valence-corrected chi connectivity index (χ0v) is 9.44. The second-order valence-corrected chi connectivity index (χ2v) is 4.06. The van der Waals surface area contributed by atoms with Gasteiger partial charge in [-0.3, -0.25) is 0 Å². The molecule has 0 aromatic carbocycles. The summed E-state index contributed by atoms with van der Waals surface area (Å²) in [6.45, 7) is 1.79. The van der Waals surface area contributed by atoms with Crippen molar-refractivity contribution in [2.24, 2.45) is 5.92 Å². The van der Waals surface area contributed by atoms with Gasteiger partial charge in [-0.25, -0.2) is 9.78 Å². The van der Waals surface area contributed by atoms with Gasteiger partial charge in [-0.05, 0) is 18.6 Å². The van der Waals surface area contributed by atoms with Crippen LogP contribution in [0.3, 0.4) is 0 Å². The van der Waals surface area contributed by atoms with Crippen LogP contribution < -0.4 is 0 Å². The third-order valence-electron chi connectivity index (χ3n) is 2.40. The molecule has 1 fully saturated rings. The van der Waals surface area contributed by atoms with E-state index in [4.69, 9.17) is 21.1 Å². The molecule has 1 aromatic heterocycles. The van der Waals surface area contributed by atoms with Gasteiger partial charge in [0.1, 0.15) is 10.8 Å². The zero-order valence-electron chi connectivity index (χ0n) is 8.69. The van der Waals surface area contributed by atoms with Gasteiger partial charge in [0.05, 0.1) is 13.2 Å². The first-order chi connectivity index (χ1) is 7.75. The smallest absolute Gasteiger partial charge is 0.356 e. The number of pyridine rings is 1.